The molecule has 0 saturated carbocycles. The second kappa shape index (κ2) is 6.91. The van der Waals surface area contributed by atoms with Crippen molar-refractivity contribution < 1.29 is 19.4 Å². The van der Waals surface area contributed by atoms with Crippen LogP contribution in [0.5, 0.6) is 0 Å². The van der Waals surface area contributed by atoms with Gasteiger partial charge in [0.25, 0.3) is 0 Å². The molecule has 2 rings (SSSR count). The van der Waals surface area contributed by atoms with Crippen LogP contribution in [0.4, 0.5) is 4.79 Å². The number of hydrogen-bond donors (Lipinski definition) is 3. The summed E-state index contributed by atoms with van der Waals surface area (Å²) < 4.78 is 5.23. The standard InChI is InChI=1S/C14H18N2O4/c17-13(18)12-3-1-10(2-4-12)7-15-14(19)16-8-11-5-6-20-9-11/h1-4,11H,5-9H2,(H,17,18)(H2,15,16,19). The van der Waals surface area contributed by atoms with Gasteiger partial charge >= 0.3 is 12.0 Å². The normalized spacial score (nSPS) is 17.7. The summed E-state index contributed by atoms with van der Waals surface area (Å²) in [6.07, 6.45) is 0.983. The molecule has 1 aromatic rings. The van der Waals surface area contributed by atoms with Gasteiger partial charge in [0.2, 0.25) is 0 Å². The average molecular weight is 278 g/mol. The number of nitrogens with one attached hydrogen (secondary N) is 2. The number of rotatable bonds is 5. The lowest BCUT2D eigenvalue weighted by Gasteiger charge is -2.10. The second-order valence-corrected chi connectivity index (χ2v) is 4.80. The Hall–Kier alpha value is -2.08. The molecular formula is C14H18N2O4. The predicted octanol–water partition coefficient (Wildman–Crippen LogP) is 1.22. The number of urea groups is 1. The van der Waals surface area contributed by atoms with Gasteiger partial charge in [0, 0.05) is 25.6 Å². The van der Waals surface area contributed by atoms with E-state index < -0.39 is 5.97 Å². The highest BCUT2D eigenvalue weighted by molar-refractivity contribution is 5.87. The minimum absolute atomic E-state index is 0.223. The number of hydrogen-bond acceptors (Lipinski definition) is 3. The van der Waals surface area contributed by atoms with Crippen molar-refractivity contribution in [1.29, 1.82) is 0 Å². The van der Waals surface area contributed by atoms with Crippen LogP contribution >= 0.6 is 0 Å². The van der Waals surface area contributed by atoms with E-state index >= 15 is 0 Å². The Kier molecular flexibility index (Phi) is 4.95. The molecule has 0 aromatic heterocycles. The van der Waals surface area contributed by atoms with Crippen molar-refractivity contribution in [1.82, 2.24) is 10.6 Å². The van der Waals surface area contributed by atoms with Crippen molar-refractivity contribution in [2.24, 2.45) is 5.92 Å². The van der Waals surface area contributed by atoms with Gasteiger partial charge in [0.05, 0.1) is 12.2 Å². The number of carboxylic acids is 1. The summed E-state index contributed by atoms with van der Waals surface area (Å²) in [6.45, 7) is 2.46. The Labute approximate surface area is 117 Å². The van der Waals surface area contributed by atoms with Crippen molar-refractivity contribution in [3.05, 3.63) is 35.4 Å². The number of ether oxygens (including phenoxy) is 1. The van der Waals surface area contributed by atoms with Gasteiger partial charge in [0.1, 0.15) is 0 Å². The molecule has 3 N–H and O–H groups in total. The van der Waals surface area contributed by atoms with Crippen LogP contribution in [0, 0.1) is 5.92 Å². The fourth-order valence-corrected chi connectivity index (χ4v) is 1.99. The summed E-state index contributed by atoms with van der Waals surface area (Å²) in [7, 11) is 0. The van der Waals surface area contributed by atoms with Crippen LogP contribution in [0.1, 0.15) is 22.3 Å². The quantitative estimate of drug-likeness (QED) is 0.755. The minimum Gasteiger partial charge on any atom is -0.478 e. The number of carbonyl (C=O) groups is 2. The third-order valence-electron chi connectivity index (χ3n) is 3.23. The van der Waals surface area contributed by atoms with Gasteiger partial charge in [-0.05, 0) is 24.1 Å². The van der Waals surface area contributed by atoms with Gasteiger partial charge < -0.3 is 20.5 Å². The highest BCUT2D eigenvalue weighted by Gasteiger charge is 2.16. The fraction of sp³-hybridized carbons (Fsp3) is 0.429. The Morgan fingerprint density at radius 2 is 2.00 bits per heavy atom. The summed E-state index contributed by atoms with van der Waals surface area (Å²) in [5, 5.41) is 14.3. The van der Waals surface area contributed by atoms with Gasteiger partial charge in [-0.2, -0.15) is 0 Å². The first-order valence-corrected chi connectivity index (χ1v) is 6.57. The van der Waals surface area contributed by atoms with Crippen LogP contribution in [0.25, 0.3) is 0 Å². The molecule has 1 fully saturated rings. The lowest BCUT2D eigenvalue weighted by Crippen LogP contribution is -2.38. The van der Waals surface area contributed by atoms with Crippen LogP contribution in [-0.4, -0.2) is 36.9 Å². The second-order valence-electron chi connectivity index (χ2n) is 4.80. The first-order chi connectivity index (χ1) is 9.65. The first-order valence-electron chi connectivity index (χ1n) is 6.57. The monoisotopic (exact) mass is 278 g/mol. The van der Waals surface area contributed by atoms with E-state index in [9.17, 15) is 9.59 Å². The largest absolute Gasteiger partial charge is 0.478 e. The third-order valence-corrected chi connectivity index (χ3v) is 3.23. The molecule has 20 heavy (non-hydrogen) atoms. The van der Waals surface area contributed by atoms with Crippen LogP contribution in [0.3, 0.4) is 0 Å². The van der Waals surface area contributed by atoms with Gasteiger partial charge in [-0.15, -0.1) is 0 Å². The summed E-state index contributed by atoms with van der Waals surface area (Å²) in [6, 6.07) is 6.20. The molecule has 1 saturated heterocycles. The Morgan fingerprint density at radius 1 is 1.25 bits per heavy atom. The van der Waals surface area contributed by atoms with Crippen molar-refractivity contribution in [3.63, 3.8) is 0 Å². The average Bonchev–Trinajstić information content (AvgIpc) is 2.96. The van der Waals surface area contributed by atoms with Crippen LogP contribution in [0.2, 0.25) is 0 Å². The maximum Gasteiger partial charge on any atom is 0.335 e. The van der Waals surface area contributed by atoms with Gasteiger partial charge in [-0.1, -0.05) is 12.1 Å². The Balaban J connectivity index is 1.70. The minimum atomic E-state index is -0.957. The van der Waals surface area contributed by atoms with E-state index in [-0.39, 0.29) is 11.6 Å². The van der Waals surface area contributed by atoms with E-state index in [0.717, 1.165) is 18.6 Å². The van der Waals surface area contributed by atoms with Crippen LogP contribution in [0.15, 0.2) is 24.3 Å². The van der Waals surface area contributed by atoms with Gasteiger partial charge in [0.15, 0.2) is 0 Å². The highest BCUT2D eigenvalue weighted by atomic mass is 16.5. The molecule has 1 heterocycles. The molecule has 0 radical (unpaired) electrons. The number of aromatic carboxylic acids is 1. The first kappa shape index (κ1) is 14.3. The number of benzene rings is 1. The van der Waals surface area contributed by atoms with E-state index in [0.29, 0.717) is 25.6 Å². The van der Waals surface area contributed by atoms with Crippen molar-refractivity contribution in [2.45, 2.75) is 13.0 Å². The smallest absolute Gasteiger partial charge is 0.335 e. The Bertz CT molecular complexity index is 467. The highest BCUT2D eigenvalue weighted by Crippen LogP contribution is 2.10. The molecule has 0 spiro atoms. The zero-order valence-electron chi connectivity index (χ0n) is 11.1. The molecule has 2 amide bonds. The van der Waals surface area contributed by atoms with E-state index in [4.69, 9.17) is 9.84 Å². The molecule has 108 valence electrons. The molecule has 1 aromatic carbocycles. The predicted molar refractivity (Wildman–Crippen MR) is 72.6 cm³/mol. The molecule has 6 heteroatoms. The maximum atomic E-state index is 11.6. The zero-order chi connectivity index (χ0) is 14.4. The van der Waals surface area contributed by atoms with Gasteiger partial charge in [-0.25, -0.2) is 9.59 Å². The third kappa shape index (κ3) is 4.24. The molecule has 6 nitrogen and oxygen atoms in total. The van der Waals surface area contributed by atoms with Crippen molar-refractivity contribution in [2.75, 3.05) is 19.8 Å². The Morgan fingerprint density at radius 3 is 2.60 bits per heavy atom. The lowest BCUT2D eigenvalue weighted by molar-refractivity contribution is 0.0697. The summed E-state index contributed by atoms with van der Waals surface area (Å²) in [5.41, 5.74) is 1.09. The zero-order valence-corrected chi connectivity index (χ0v) is 11.1. The number of amides is 2. The van der Waals surface area contributed by atoms with Crippen molar-refractivity contribution >= 4 is 12.0 Å². The molecule has 1 aliphatic rings. The van der Waals surface area contributed by atoms with E-state index in [1.54, 1.807) is 12.1 Å². The molecule has 0 aliphatic carbocycles. The van der Waals surface area contributed by atoms with Crippen LogP contribution in [-0.2, 0) is 11.3 Å². The van der Waals surface area contributed by atoms with E-state index in [1.807, 2.05) is 0 Å². The fourth-order valence-electron chi connectivity index (χ4n) is 1.99. The summed E-state index contributed by atoms with van der Waals surface area (Å²) >= 11 is 0. The molecule has 1 aliphatic heterocycles. The summed E-state index contributed by atoms with van der Waals surface area (Å²) in [5.74, 6) is -0.559. The van der Waals surface area contributed by atoms with Crippen molar-refractivity contribution in [3.8, 4) is 0 Å². The van der Waals surface area contributed by atoms with Gasteiger partial charge in [-0.3, -0.25) is 0 Å². The van der Waals surface area contributed by atoms with E-state index in [2.05, 4.69) is 10.6 Å². The topological polar surface area (TPSA) is 87.7 Å². The molecular weight excluding hydrogens is 260 g/mol. The molecule has 0 bridgehead atoms. The lowest BCUT2D eigenvalue weighted by atomic mass is 10.1. The number of carbonyl (C=O) groups excluding carboxylic acids is 1. The molecule has 1 unspecified atom stereocenters. The van der Waals surface area contributed by atoms with E-state index in [1.165, 1.54) is 12.1 Å². The SMILES string of the molecule is O=C(NCc1ccc(C(=O)O)cc1)NCC1CCOC1. The summed E-state index contributed by atoms with van der Waals surface area (Å²) in [4.78, 5) is 22.3. The maximum absolute atomic E-state index is 11.6. The van der Waals surface area contributed by atoms with Crippen LogP contribution < -0.4 is 10.6 Å². The molecule has 1 atom stereocenters. The number of carboxylic acid groups (broad SMARTS) is 1.